The van der Waals surface area contributed by atoms with Gasteiger partial charge in [0.2, 0.25) is 0 Å². The summed E-state index contributed by atoms with van der Waals surface area (Å²) in [6, 6.07) is 0. The van der Waals surface area contributed by atoms with E-state index in [-0.39, 0.29) is 31.1 Å². The minimum Gasteiger partial charge on any atom is -0.462 e. The van der Waals surface area contributed by atoms with Gasteiger partial charge in [0.25, 0.3) is 0 Å². The van der Waals surface area contributed by atoms with Gasteiger partial charge in [-0.25, -0.2) is 0 Å². The summed E-state index contributed by atoms with van der Waals surface area (Å²) < 4.78 is 16.8. The van der Waals surface area contributed by atoms with Crippen LogP contribution in [-0.2, 0) is 28.6 Å². The number of hydrogen-bond donors (Lipinski definition) is 0. The minimum atomic E-state index is -0.795. The fraction of sp³-hybridized carbons (Fsp3) is 0.643. The quantitative estimate of drug-likeness (QED) is 0.0261. The standard InChI is InChI=1S/C70H114O6/c1-4-7-10-13-16-18-20-22-24-26-28-30-32-33-34-35-36-37-39-40-42-44-46-48-50-52-54-57-60-63-69(72)75-66-67(65-74-68(71)62-59-56-15-12-9-6-3)76-70(73)64-61-58-55-53-51-49-47-45-43-41-38-31-29-27-25-23-21-19-17-14-11-8-5-2/h7,10,16,18,21-24,27-30,33-34,36-38,40-42,46,48,67H,4-6,8-9,11-15,17,19-20,25-26,31-32,35,39,43-45,47,49-66H2,1-3H3/b10-7-,18-16-,23-21-,24-22-,29-27-,30-28-,34-33-,37-36-,41-38-,42-40-,48-46-. The van der Waals surface area contributed by atoms with Crippen molar-refractivity contribution in [3.05, 3.63) is 134 Å². The number of allylic oxidation sites excluding steroid dienone is 22. The molecule has 0 heterocycles. The van der Waals surface area contributed by atoms with Crippen molar-refractivity contribution in [3.8, 4) is 0 Å². The third kappa shape index (κ3) is 60.4. The van der Waals surface area contributed by atoms with E-state index in [4.69, 9.17) is 14.2 Å². The molecule has 0 saturated carbocycles. The third-order valence-corrected chi connectivity index (χ3v) is 12.9. The van der Waals surface area contributed by atoms with Gasteiger partial charge < -0.3 is 14.2 Å². The zero-order chi connectivity index (χ0) is 55.0. The first-order valence-corrected chi connectivity index (χ1v) is 31.2. The predicted octanol–water partition coefficient (Wildman–Crippen LogP) is 21.4. The lowest BCUT2D eigenvalue weighted by Crippen LogP contribution is -2.30. The molecule has 6 nitrogen and oxygen atoms in total. The average molecular weight is 1050 g/mol. The molecule has 0 fully saturated rings. The van der Waals surface area contributed by atoms with E-state index >= 15 is 0 Å². The Labute approximate surface area is 468 Å². The maximum Gasteiger partial charge on any atom is 0.306 e. The van der Waals surface area contributed by atoms with Crippen LogP contribution < -0.4 is 0 Å². The number of hydrogen-bond acceptors (Lipinski definition) is 6. The van der Waals surface area contributed by atoms with Crippen molar-refractivity contribution in [2.75, 3.05) is 13.2 Å². The van der Waals surface area contributed by atoms with Crippen LogP contribution in [-0.4, -0.2) is 37.2 Å². The Morgan fingerprint density at radius 1 is 0.276 bits per heavy atom. The maximum absolute atomic E-state index is 12.8. The predicted molar refractivity (Wildman–Crippen MR) is 329 cm³/mol. The molecule has 0 aromatic heterocycles. The van der Waals surface area contributed by atoms with Crippen LogP contribution in [0, 0.1) is 0 Å². The second-order valence-corrected chi connectivity index (χ2v) is 20.2. The molecule has 0 amide bonds. The molecule has 1 unspecified atom stereocenters. The van der Waals surface area contributed by atoms with Crippen LogP contribution in [0.4, 0.5) is 0 Å². The first-order valence-electron chi connectivity index (χ1n) is 31.2. The van der Waals surface area contributed by atoms with E-state index in [1.165, 1.54) is 89.9 Å². The molecule has 1 atom stereocenters. The summed E-state index contributed by atoms with van der Waals surface area (Å²) in [7, 11) is 0. The van der Waals surface area contributed by atoms with Gasteiger partial charge in [-0.05, 0) is 122 Å². The van der Waals surface area contributed by atoms with Crippen LogP contribution in [0.25, 0.3) is 0 Å². The highest BCUT2D eigenvalue weighted by Crippen LogP contribution is 2.14. The van der Waals surface area contributed by atoms with Crippen LogP contribution in [0.5, 0.6) is 0 Å². The van der Waals surface area contributed by atoms with E-state index in [9.17, 15) is 14.4 Å². The van der Waals surface area contributed by atoms with Crippen molar-refractivity contribution in [1.29, 1.82) is 0 Å². The summed E-state index contributed by atoms with van der Waals surface area (Å²) in [4.78, 5) is 38.0. The molecule has 0 spiro atoms. The Hall–Kier alpha value is -4.45. The second kappa shape index (κ2) is 63.1. The fourth-order valence-electron chi connectivity index (χ4n) is 8.23. The molecule has 0 rings (SSSR count). The molecule has 0 N–H and O–H groups in total. The molecule has 0 aliphatic rings. The summed E-state index contributed by atoms with van der Waals surface area (Å²) in [6.07, 6.45) is 89.1. The summed E-state index contributed by atoms with van der Waals surface area (Å²) in [5.41, 5.74) is 0. The van der Waals surface area contributed by atoms with Gasteiger partial charge in [-0.2, -0.15) is 0 Å². The van der Waals surface area contributed by atoms with Crippen LogP contribution in [0.1, 0.15) is 271 Å². The van der Waals surface area contributed by atoms with Crippen molar-refractivity contribution in [2.45, 2.75) is 277 Å². The van der Waals surface area contributed by atoms with E-state index in [1.54, 1.807) is 0 Å². The normalized spacial score (nSPS) is 13.0. The van der Waals surface area contributed by atoms with Crippen LogP contribution in [0.15, 0.2) is 134 Å². The smallest absolute Gasteiger partial charge is 0.306 e. The summed E-state index contributed by atoms with van der Waals surface area (Å²) in [5.74, 6) is -0.937. The zero-order valence-electron chi connectivity index (χ0n) is 49.2. The van der Waals surface area contributed by atoms with E-state index in [0.717, 1.165) is 141 Å². The van der Waals surface area contributed by atoms with E-state index < -0.39 is 6.10 Å². The average Bonchev–Trinajstić information content (AvgIpc) is 3.42. The highest BCUT2D eigenvalue weighted by atomic mass is 16.6. The molecule has 430 valence electrons. The fourth-order valence-corrected chi connectivity index (χ4v) is 8.23. The summed E-state index contributed by atoms with van der Waals surface area (Å²) >= 11 is 0. The highest BCUT2D eigenvalue weighted by Gasteiger charge is 2.19. The Balaban J connectivity index is 4.22. The molecule has 0 aliphatic carbocycles. The van der Waals surface area contributed by atoms with Gasteiger partial charge in [0.05, 0.1) is 0 Å². The van der Waals surface area contributed by atoms with Crippen molar-refractivity contribution < 1.29 is 28.6 Å². The number of unbranched alkanes of at least 4 members (excludes halogenated alkanes) is 22. The lowest BCUT2D eigenvalue weighted by molar-refractivity contribution is -0.167. The highest BCUT2D eigenvalue weighted by molar-refractivity contribution is 5.71. The van der Waals surface area contributed by atoms with Gasteiger partial charge in [0.15, 0.2) is 6.10 Å². The summed E-state index contributed by atoms with van der Waals surface area (Å²) in [5, 5.41) is 0. The van der Waals surface area contributed by atoms with Gasteiger partial charge in [-0.3, -0.25) is 14.4 Å². The van der Waals surface area contributed by atoms with Crippen LogP contribution in [0.2, 0.25) is 0 Å². The number of rotatable bonds is 55. The molecular weight excluding hydrogens is 937 g/mol. The molecular formula is C70H114O6. The Bertz CT molecular complexity index is 1630. The van der Waals surface area contributed by atoms with Gasteiger partial charge in [-0.15, -0.1) is 0 Å². The minimum absolute atomic E-state index is 0.0927. The van der Waals surface area contributed by atoms with Gasteiger partial charge in [-0.1, -0.05) is 264 Å². The molecule has 6 heteroatoms. The molecule has 0 aliphatic heterocycles. The maximum atomic E-state index is 12.8. The number of ether oxygens (including phenoxy) is 3. The molecule has 76 heavy (non-hydrogen) atoms. The molecule has 0 saturated heterocycles. The topological polar surface area (TPSA) is 78.9 Å². The lowest BCUT2D eigenvalue weighted by Gasteiger charge is -2.18. The SMILES string of the molecule is CC/C=C\C/C=C\C/C=C\C/C=C\C/C=C\C/C=C\C/C=C\C/C=C\CCCCCCC(=O)OCC(COC(=O)CCCCCCCC)OC(=O)CCCCCCCCCC/C=C\C/C=C\C/C=C\CCCCCCC. The Morgan fingerprint density at radius 2 is 0.513 bits per heavy atom. The third-order valence-electron chi connectivity index (χ3n) is 12.9. The van der Waals surface area contributed by atoms with Gasteiger partial charge >= 0.3 is 17.9 Å². The number of carbonyl (C=O) groups excluding carboxylic acids is 3. The van der Waals surface area contributed by atoms with Crippen molar-refractivity contribution in [2.24, 2.45) is 0 Å². The van der Waals surface area contributed by atoms with Gasteiger partial charge in [0, 0.05) is 19.3 Å². The van der Waals surface area contributed by atoms with E-state index in [2.05, 4.69) is 154 Å². The van der Waals surface area contributed by atoms with Crippen molar-refractivity contribution in [3.63, 3.8) is 0 Å². The molecule has 0 radical (unpaired) electrons. The first kappa shape index (κ1) is 71.5. The molecule has 0 aromatic carbocycles. The van der Waals surface area contributed by atoms with Crippen LogP contribution >= 0.6 is 0 Å². The monoisotopic (exact) mass is 1050 g/mol. The molecule has 0 aromatic rings. The lowest BCUT2D eigenvalue weighted by atomic mass is 10.1. The Kier molecular flexibility index (Phi) is 59.4. The van der Waals surface area contributed by atoms with Crippen LogP contribution in [0.3, 0.4) is 0 Å². The number of carbonyl (C=O) groups is 3. The summed E-state index contributed by atoms with van der Waals surface area (Å²) in [6.45, 7) is 6.42. The number of esters is 3. The van der Waals surface area contributed by atoms with E-state index in [1.807, 2.05) is 0 Å². The first-order chi connectivity index (χ1) is 37.5. The van der Waals surface area contributed by atoms with Crippen molar-refractivity contribution in [1.82, 2.24) is 0 Å². The zero-order valence-corrected chi connectivity index (χ0v) is 49.2. The Morgan fingerprint density at radius 3 is 0.803 bits per heavy atom. The second-order valence-electron chi connectivity index (χ2n) is 20.2. The largest absolute Gasteiger partial charge is 0.462 e. The molecule has 0 bridgehead atoms. The van der Waals surface area contributed by atoms with E-state index in [0.29, 0.717) is 19.3 Å². The van der Waals surface area contributed by atoms with Gasteiger partial charge in [0.1, 0.15) is 13.2 Å². The van der Waals surface area contributed by atoms with Crippen molar-refractivity contribution >= 4 is 17.9 Å².